The first kappa shape index (κ1) is 34.9. The Bertz CT molecular complexity index is 1330. The molecule has 2 aromatic rings. The number of rotatable bonds is 12. The minimum Gasteiger partial charge on any atom is -0.504 e. The van der Waals surface area contributed by atoms with Crippen LogP contribution in [0.1, 0.15) is 37.8 Å². The number of carbonyl (C=O) groups excluding carboxylic acids is 3. The first-order chi connectivity index (χ1) is 21.2. The number of ether oxygens (including phenoxy) is 4. The predicted molar refractivity (Wildman–Crippen MR) is 156 cm³/mol. The van der Waals surface area contributed by atoms with E-state index < -0.39 is 78.4 Å². The van der Waals surface area contributed by atoms with Crippen LogP contribution in [0.5, 0.6) is 23.0 Å². The Kier molecular flexibility index (Phi) is 11.9. The largest absolute Gasteiger partial charge is 0.504 e. The molecule has 1 aliphatic rings. The molecule has 0 bridgehead atoms. The molecule has 244 valence electrons. The van der Waals surface area contributed by atoms with Crippen LogP contribution in [0.2, 0.25) is 0 Å². The minimum atomic E-state index is -2.38. The number of hydrogen-bond acceptors (Lipinski definition) is 14. The van der Waals surface area contributed by atoms with Gasteiger partial charge in [-0.2, -0.15) is 0 Å². The van der Waals surface area contributed by atoms with Gasteiger partial charge in [0.05, 0.1) is 18.8 Å². The lowest BCUT2D eigenvalue weighted by molar-refractivity contribution is -0.207. The van der Waals surface area contributed by atoms with Crippen LogP contribution in [0, 0.1) is 0 Å². The van der Waals surface area contributed by atoms with Crippen LogP contribution in [0.15, 0.2) is 48.6 Å². The van der Waals surface area contributed by atoms with Gasteiger partial charge in [0.25, 0.3) is 0 Å². The molecule has 0 heterocycles. The second-order valence-corrected chi connectivity index (χ2v) is 10.6. The highest BCUT2D eigenvalue weighted by atomic mass is 16.6. The number of phenolic OH excluding ortho intramolecular Hbond substituents is 4. The summed E-state index contributed by atoms with van der Waals surface area (Å²) in [6.45, 7) is 2.59. The number of benzene rings is 2. The summed E-state index contributed by atoms with van der Waals surface area (Å²) in [6, 6.07) is 7.56. The van der Waals surface area contributed by atoms with E-state index in [0.717, 1.165) is 12.2 Å². The zero-order valence-corrected chi connectivity index (χ0v) is 24.5. The Morgan fingerprint density at radius 2 is 1.29 bits per heavy atom. The van der Waals surface area contributed by atoms with Crippen LogP contribution in [0.3, 0.4) is 0 Å². The molecule has 1 aliphatic carbocycles. The number of phenols is 4. The molecule has 45 heavy (non-hydrogen) atoms. The molecule has 0 aliphatic heterocycles. The Balaban J connectivity index is 1.77. The average Bonchev–Trinajstić information content (AvgIpc) is 2.99. The van der Waals surface area contributed by atoms with Crippen molar-refractivity contribution in [1.29, 1.82) is 0 Å². The van der Waals surface area contributed by atoms with Crippen molar-refractivity contribution in [1.82, 2.24) is 0 Å². The second kappa shape index (κ2) is 15.4. The lowest BCUT2D eigenvalue weighted by atomic mass is 9.79. The number of aliphatic hydroxyl groups is 3. The van der Waals surface area contributed by atoms with Crippen molar-refractivity contribution in [2.45, 2.75) is 62.8 Å². The highest BCUT2D eigenvalue weighted by Gasteiger charge is 2.53. The molecular formula is C31H36O14. The van der Waals surface area contributed by atoms with Crippen LogP contribution in [0.4, 0.5) is 0 Å². The average molecular weight is 633 g/mol. The SMILES string of the molecule is CC(CO)OC(C)COC(=O)C1(O)C[C@@H](OC(=O)/C=C/c2ccc(O)c(O)c2)C(O)[C@H](OC(=O)/C=C/c2ccc(O)c(O)c2)C1. The van der Waals surface area contributed by atoms with Crippen LogP contribution < -0.4 is 0 Å². The summed E-state index contributed by atoms with van der Waals surface area (Å²) in [5.74, 6) is -4.78. The number of carbonyl (C=O) groups is 3. The molecule has 14 nitrogen and oxygen atoms in total. The topological polar surface area (TPSA) is 230 Å². The van der Waals surface area contributed by atoms with E-state index in [2.05, 4.69) is 0 Å². The van der Waals surface area contributed by atoms with Crippen molar-refractivity contribution < 1.29 is 69.1 Å². The summed E-state index contributed by atoms with van der Waals surface area (Å²) in [6.07, 6.45) is -2.86. The van der Waals surface area contributed by atoms with Crippen molar-refractivity contribution in [3.05, 3.63) is 59.7 Å². The highest BCUT2D eigenvalue weighted by molar-refractivity contribution is 5.88. The Labute approximate surface area is 258 Å². The van der Waals surface area contributed by atoms with Gasteiger partial charge in [-0.1, -0.05) is 12.1 Å². The fourth-order valence-corrected chi connectivity index (χ4v) is 4.42. The lowest BCUT2D eigenvalue weighted by Crippen LogP contribution is -2.58. The molecule has 0 spiro atoms. The number of aromatic hydroxyl groups is 4. The summed E-state index contributed by atoms with van der Waals surface area (Å²) < 4.78 is 21.3. The van der Waals surface area contributed by atoms with E-state index in [1.165, 1.54) is 48.6 Å². The molecule has 0 amide bonds. The lowest BCUT2D eigenvalue weighted by Gasteiger charge is -2.41. The van der Waals surface area contributed by atoms with E-state index in [0.29, 0.717) is 11.1 Å². The Morgan fingerprint density at radius 1 is 0.822 bits per heavy atom. The molecule has 1 saturated carbocycles. The molecule has 7 N–H and O–H groups in total. The van der Waals surface area contributed by atoms with Crippen LogP contribution in [-0.4, -0.2) is 103 Å². The second-order valence-electron chi connectivity index (χ2n) is 10.6. The van der Waals surface area contributed by atoms with E-state index in [4.69, 9.17) is 24.1 Å². The summed E-state index contributed by atoms with van der Waals surface area (Å²) in [5, 5.41) is 69.6. The number of aliphatic hydroxyl groups excluding tert-OH is 2. The molecule has 2 unspecified atom stereocenters. The third-order valence-corrected chi connectivity index (χ3v) is 6.75. The molecule has 0 aromatic heterocycles. The van der Waals surface area contributed by atoms with Gasteiger partial charge < -0.3 is 54.7 Å². The highest BCUT2D eigenvalue weighted by Crippen LogP contribution is 2.34. The van der Waals surface area contributed by atoms with E-state index in [-0.39, 0.29) is 24.7 Å². The van der Waals surface area contributed by atoms with Crippen molar-refractivity contribution in [2.24, 2.45) is 0 Å². The molecule has 3 rings (SSSR count). The third kappa shape index (κ3) is 9.94. The maximum atomic E-state index is 13.0. The standard InChI is InChI=1S/C31H36O14/c1-17(15-32)43-18(2)16-42-30(40)31(41)13-25(44-27(37)9-5-19-3-7-21(33)23(35)11-19)29(39)26(14-31)45-28(38)10-6-20-4-8-22(34)24(36)12-20/h3-12,17-18,25-26,29,32-36,39,41H,13-16H2,1-2H3/b9-5+,10-6+/t17?,18?,25-,26-,29?,31?/m1/s1. The zero-order valence-electron chi connectivity index (χ0n) is 24.5. The molecule has 14 heteroatoms. The summed E-state index contributed by atoms with van der Waals surface area (Å²) in [7, 11) is 0. The normalized spacial score (nSPS) is 23.0. The van der Waals surface area contributed by atoms with E-state index in [1.807, 2.05) is 0 Å². The first-order valence-electron chi connectivity index (χ1n) is 13.9. The maximum absolute atomic E-state index is 13.0. The van der Waals surface area contributed by atoms with Crippen LogP contribution in [-0.2, 0) is 33.3 Å². The van der Waals surface area contributed by atoms with Crippen molar-refractivity contribution in [3.63, 3.8) is 0 Å². The van der Waals surface area contributed by atoms with E-state index in [1.54, 1.807) is 13.8 Å². The molecule has 4 atom stereocenters. The van der Waals surface area contributed by atoms with Gasteiger partial charge in [0.15, 0.2) is 28.6 Å². The summed E-state index contributed by atoms with van der Waals surface area (Å²) in [5.41, 5.74) is -1.74. The minimum absolute atomic E-state index is 0.273. The third-order valence-electron chi connectivity index (χ3n) is 6.75. The number of hydrogen-bond donors (Lipinski definition) is 7. The van der Waals surface area contributed by atoms with Gasteiger partial charge in [-0.3, -0.25) is 0 Å². The monoisotopic (exact) mass is 632 g/mol. The smallest absolute Gasteiger partial charge is 0.338 e. The van der Waals surface area contributed by atoms with Gasteiger partial charge >= 0.3 is 17.9 Å². The zero-order chi connectivity index (χ0) is 33.3. The predicted octanol–water partition coefficient (Wildman–Crippen LogP) is 1.27. The van der Waals surface area contributed by atoms with Crippen molar-refractivity contribution in [3.8, 4) is 23.0 Å². The quantitative estimate of drug-likeness (QED) is 0.0757. The molecular weight excluding hydrogens is 596 g/mol. The Hall–Kier alpha value is -4.63. The van der Waals surface area contributed by atoms with Gasteiger partial charge in [0, 0.05) is 25.0 Å². The van der Waals surface area contributed by atoms with Gasteiger partial charge in [-0.25, -0.2) is 14.4 Å². The van der Waals surface area contributed by atoms with E-state index >= 15 is 0 Å². The van der Waals surface area contributed by atoms with Gasteiger partial charge in [0.1, 0.15) is 24.9 Å². The molecule has 0 saturated heterocycles. The van der Waals surface area contributed by atoms with Crippen molar-refractivity contribution in [2.75, 3.05) is 13.2 Å². The van der Waals surface area contributed by atoms with Gasteiger partial charge in [-0.05, 0) is 61.4 Å². The summed E-state index contributed by atoms with van der Waals surface area (Å²) in [4.78, 5) is 38.3. The van der Waals surface area contributed by atoms with Gasteiger partial charge in [0.2, 0.25) is 0 Å². The first-order valence-corrected chi connectivity index (χ1v) is 13.9. The number of esters is 3. The van der Waals surface area contributed by atoms with Crippen LogP contribution >= 0.6 is 0 Å². The summed E-state index contributed by atoms with van der Waals surface area (Å²) >= 11 is 0. The molecule has 2 aromatic carbocycles. The fourth-order valence-electron chi connectivity index (χ4n) is 4.42. The molecule has 1 fully saturated rings. The fraction of sp³-hybridized carbons (Fsp3) is 0.387. The van der Waals surface area contributed by atoms with Crippen LogP contribution in [0.25, 0.3) is 12.2 Å². The maximum Gasteiger partial charge on any atom is 0.338 e. The molecule has 0 radical (unpaired) electrons. The van der Waals surface area contributed by atoms with Crippen molar-refractivity contribution >= 4 is 30.1 Å². The van der Waals surface area contributed by atoms with E-state index in [9.17, 15) is 45.0 Å². The Morgan fingerprint density at radius 3 is 1.71 bits per heavy atom. The van der Waals surface area contributed by atoms with Gasteiger partial charge in [-0.15, -0.1) is 0 Å².